The van der Waals surface area contributed by atoms with Gasteiger partial charge < -0.3 is 18.9 Å². The SMILES string of the molecule is CCCCOCCOCC(=O)OCC.CCOC(C)=O. The fourth-order valence-electron chi connectivity index (χ4n) is 1.03. The summed E-state index contributed by atoms with van der Waals surface area (Å²) < 4.78 is 19.4. The number of ether oxygens (including phenoxy) is 4. The first-order chi connectivity index (χ1) is 9.58. The summed E-state index contributed by atoms with van der Waals surface area (Å²) in [6.07, 6.45) is 2.20. The molecule has 120 valence electrons. The van der Waals surface area contributed by atoms with Gasteiger partial charge in [0.05, 0.1) is 26.4 Å². The Morgan fingerprint density at radius 1 is 0.850 bits per heavy atom. The van der Waals surface area contributed by atoms with Crippen molar-refractivity contribution in [2.24, 2.45) is 0 Å². The van der Waals surface area contributed by atoms with E-state index in [-0.39, 0.29) is 18.5 Å². The van der Waals surface area contributed by atoms with Crippen molar-refractivity contribution in [3.8, 4) is 0 Å². The van der Waals surface area contributed by atoms with Crippen molar-refractivity contribution in [2.45, 2.75) is 40.5 Å². The molecule has 0 aromatic rings. The highest BCUT2D eigenvalue weighted by Gasteiger charge is 2.00. The summed E-state index contributed by atoms with van der Waals surface area (Å²) in [6, 6.07) is 0. The minimum Gasteiger partial charge on any atom is -0.466 e. The zero-order chi connectivity index (χ0) is 15.6. The Balaban J connectivity index is 0. The van der Waals surface area contributed by atoms with Crippen LogP contribution in [-0.2, 0) is 28.5 Å². The van der Waals surface area contributed by atoms with Crippen LogP contribution in [0.5, 0.6) is 0 Å². The zero-order valence-electron chi connectivity index (χ0n) is 13.1. The van der Waals surface area contributed by atoms with E-state index in [4.69, 9.17) is 9.47 Å². The highest BCUT2D eigenvalue weighted by molar-refractivity contribution is 5.70. The number of rotatable bonds is 10. The van der Waals surface area contributed by atoms with E-state index in [9.17, 15) is 9.59 Å². The van der Waals surface area contributed by atoms with Gasteiger partial charge in [0.2, 0.25) is 0 Å². The Bertz CT molecular complexity index is 230. The average Bonchev–Trinajstić information content (AvgIpc) is 2.38. The number of esters is 2. The molecule has 0 N–H and O–H groups in total. The number of carbonyl (C=O) groups excluding carboxylic acids is 2. The van der Waals surface area contributed by atoms with Crippen LogP contribution in [0.15, 0.2) is 0 Å². The monoisotopic (exact) mass is 292 g/mol. The first-order valence-corrected chi connectivity index (χ1v) is 7.02. The molecule has 0 amide bonds. The van der Waals surface area contributed by atoms with Gasteiger partial charge in [-0.15, -0.1) is 0 Å². The third-order valence-corrected chi connectivity index (χ3v) is 1.89. The molecule has 0 radical (unpaired) electrons. The molecule has 0 bridgehead atoms. The molecule has 0 aliphatic rings. The third-order valence-electron chi connectivity index (χ3n) is 1.89. The van der Waals surface area contributed by atoms with Gasteiger partial charge in [-0.3, -0.25) is 4.79 Å². The molecule has 0 spiro atoms. The van der Waals surface area contributed by atoms with Crippen molar-refractivity contribution >= 4 is 11.9 Å². The maximum atomic E-state index is 10.8. The van der Waals surface area contributed by atoms with Gasteiger partial charge in [0, 0.05) is 13.5 Å². The van der Waals surface area contributed by atoms with E-state index in [1.54, 1.807) is 13.8 Å². The molecule has 0 aromatic carbocycles. The van der Waals surface area contributed by atoms with E-state index in [0.717, 1.165) is 19.4 Å². The minimum atomic E-state index is -0.318. The summed E-state index contributed by atoms with van der Waals surface area (Å²) in [5.74, 6) is -0.529. The quantitative estimate of drug-likeness (QED) is 0.453. The topological polar surface area (TPSA) is 71.1 Å². The summed E-state index contributed by atoms with van der Waals surface area (Å²) >= 11 is 0. The van der Waals surface area contributed by atoms with Crippen LogP contribution in [0.2, 0.25) is 0 Å². The van der Waals surface area contributed by atoms with Gasteiger partial charge in [-0.05, 0) is 20.3 Å². The number of hydrogen-bond acceptors (Lipinski definition) is 6. The molecule has 0 unspecified atom stereocenters. The molecule has 0 aliphatic heterocycles. The van der Waals surface area contributed by atoms with E-state index in [0.29, 0.717) is 26.4 Å². The standard InChI is InChI=1S/C10H20O4.C4H8O2/c1-3-5-6-12-7-8-13-9-10(11)14-4-2;1-3-6-4(2)5/h3-9H2,1-2H3;3H2,1-2H3. The lowest BCUT2D eigenvalue weighted by Gasteiger charge is -2.04. The Labute approximate surface area is 121 Å². The van der Waals surface area contributed by atoms with Gasteiger partial charge >= 0.3 is 11.9 Å². The maximum Gasteiger partial charge on any atom is 0.332 e. The van der Waals surface area contributed by atoms with E-state index in [1.807, 2.05) is 0 Å². The van der Waals surface area contributed by atoms with Gasteiger partial charge in [0.15, 0.2) is 0 Å². The number of unbranched alkanes of at least 4 members (excludes halogenated alkanes) is 1. The molecule has 20 heavy (non-hydrogen) atoms. The van der Waals surface area contributed by atoms with Gasteiger partial charge in [0.25, 0.3) is 0 Å². The highest BCUT2D eigenvalue weighted by atomic mass is 16.6. The fourth-order valence-corrected chi connectivity index (χ4v) is 1.03. The van der Waals surface area contributed by atoms with Gasteiger partial charge in [-0.1, -0.05) is 13.3 Å². The van der Waals surface area contributed by atoms with Gasteiger partial charge in [-0.2, -0.15) is 0 Å². The second-order valence-electron chi connectivity index (χ2n) is 3.75. The Kier molecular flexibility index (Phi) is 18.9. The third kappa shape index (κ3) is 22.1. The Morgan fingerprint density at radius 2 is 1.45 bits per heavy atom. The lowest BCUT2D eigenvalue weighted by molar-refractivity contribution is -0.149. The normalized spacial score (nSPS) is 9.40. The van der Waals surface area contributed by atoms with E-state index >= 15 is 0 Å². The first-order valence-electron chi connectivity index (χ1n) is 7.02. The van der Waals surface area contributed by atoms with Crippen molar-refractivity contribution in [1.82, 2.24) is 0 Å². The molecule has 0 aromatic heterocycles. The predicted octanol–water partition coefficient (Wildman–Crippen LogP) is 1.95. The maximum absolute atomic E-state index is 10.8. The molecule has 6 heteroatoms. The van der Waals surface area contributed by atoms with Gasteiger partial charge in [-0.25, -0.2) is 4.79 Å². The van der Waals surface area contributed by atoms with E-state index in [1.165, 1.54) is 6.92 Å². The Hall–Kier alpha value is -1.14. The van der Waals surface area contributed by atoms with Crippen LogP contribution in [0.25, 0.3) is 0 Å². The number of carbonyl (C=O) groups is 2. The summed E-state index contributed by atoms with van der Waals surface area (Å²) in [4.78, 5) is 20.6. The van der Waals surface area contributed by atoms with Crippen LogP contribution >= 0.6 is 0 Å². The lowest BCUT2D eigenvalue weighted by Crippen LogP contribution is -2.15. The molecular weight excluding hydrogens is 264 g/mol. The summed E-state index contributed by atoms with van der Waals surface area (Å²) in [5, 5.41) is 0. The second-order valence-corrected chi connectivity index (χ2v) is 3.75. The zero-order valence-corrected chi connectivity index (χ0v) is 13.1. The molecule has 0 saturated carbocycles. The van der Waals surface area contributed by atoms with Crippen LogP contribution in [0, 0.1) is 0 Å². The molecule has 0 heterocycles. The van der Waals surface area contributed by atoms with Crippen LogP contribution in [0.4, 0.5) is 0 Å². The molecule has 0 fully saturated rings. The summed E-state index contributed by atoms with van der Waals surface area (Å²) in [7, 11) is 0. The van der Waals surface area contributed by atoms with Crippen molar-refractivity contribution in [2.75, 3.05) is 39.6 Å². The first kappa shape index (κ1) is 21.2. The predicted molar refractivity (Wildman–Crippen MR) is 75.5 cm³/mol. The highest BCUT2D eigenvalue weighted by Crippen LogP contribution is 1.88. The molecule has 6 nitrogen and oxygen atoms in total. The largest absolute Gasteiger partial charge is 0.466 e. The van der Waals surface area contributed by atoms with E-state index in [2.05, 4.69) is 16.4 Å². The average molecular weight is 292 g/mol. The van der Waals surface area contributed by atoms with Crippen LogP contribution in [0.1, 0.15) is 40.5 Å². The van der Waals surface area contributed by atoms with Crippen molar-refractivity contribution in [3.05, 3.63) is 0 Å². The Morgan fingerprint density at radius 3 is 1.90 bits per heavy atom. The number of hydrogen-bond donors (Lipinski definition) is 0. The molecule has 0 saturated heterocycles. The fraction of sp³-hybridized carbons (Fsp3) is 0.857. The molecule has 0 aliphatic carbocycles. The lowest BCUT2D eigenvalue weighted by atomic mass is 10.4. The second kappa shape index (κ2) is 17.9. The van der Waals surface area contributed by atoms with E-state index < -0.39 is 0 Å². The van der Waals surface area contributed by atoms with Gasteiger partial charge in [0.1, 0.15) is 6.61 Å². The minimum absolute atomic E-state index is 0.0188. The van der Waals surface area contributed by atoms with Crippen molar-refractivity contribution in [1.29, 1.82) is 0 Å². The van der Waals surface area contributed by atoms with Crippen LogP contribution < -0.4 is 0 Å². The molecule has 0 rings (SSSR count). The van der Waals surface area contributed by atoms with Crippen LogP contribution in [0.3, 0.4) is 0 Å². The van der Waals surface area contributed by atoms with Crippen LogP contribution in [-0.4, -0.2) is 51.6 Å². The van der Waals surface area contributed by atoms with Crippen molar-refractivity contribution < 1.29 is 28.5 Å². The molecule has 0 atom stereocenters. The van der Waals surface area contributed by atoms with Crippen molar-refractivity contribution in [3.63, 3.8) is 0 Å². The summed E-state index contributed by atoms with van der Waals surface area (Å²) in [6.45, 7) is 9.70. The summed E-state index contributed by atoms with van der Waals surface area (Å²) in [5.41, 5.74) is 0. The smallest absolute Gasteiger partial charge is 0.332 e. The molecular formula is C14H28O6.